The van der Waals surface area contributed by atoms with Gasteiger partial charge in [0.15, 0.2) is 18.1 Å². The summed E-state index contributed by atoms with van der Waals surface area (Å²) in [6.45, 7) is 0.400. The molecule has 4 aromatic rings. The Labute approximate surface area is 216 Å². The summed E-state index contributed by atoms with van der Waals surface area (Å²) in [5.74, 6) is -0.433. The Morgan fingerprint density at radius 3 is 2.92 bits per heavy atom. The van der Waals surface area contributed by atoms with E-state index in [-0.39, 0.29) is 35.7 Å². The Bertz CT molecular complexity index is 1630. The molecule has 12 nitrogen and oxygen atoms in total. The zero-order valence-electron chi connectivity index (χ0n) is 20.3. The molecule has 0 bridgehead atoms. The number of hydrogen-bond donors (Lipinski definition) is 4. The van der Waals surface area contributed by atoms with Gasteiger partial charge in [0, 0.05) is 13.6 Å². The number of carboxylic acid groups (broad SMARTS) is 1. The SMILES string of the molecule is Cn1nc(NCc2ccc3c(c2)NC(=O)CO3)c2ncnc(C(=O)N[C@H]3CCc4cc(C(=O)O)ccc43)c21. The minimum Gasteiger partial charge on any atom is -0.482 e. The second-order valence-corrected chi connectivity index (χ2v) is 9.20. The fourth-order valence-corrected chi connectivity index (χ4v) is 4.94. The molecule has 2 aliphatic rings. The van der Waals surface area contributed by atoms with Crippen molar-refractivity contribution in [2.75, 3.05) is 17.2 Å². The van der Waals surface area contributed by atoms with Gasteiger partial charge in [-0.2, -0.15) is 5.10 Å². The number of amides is 2. The highest BCUT2D eigenvalue weighted by molar-refractivity contribution is 6.05. The molecule has 38 heavy (non-hydrogen) atoms. The first-order valence-corrected chi connectivity index (χ1v) is 12.0. The van der Waals surface area contributed by atoms with Gasteiger partial charge in [-0.05, 0) is 53.8 Å². The van der Waals surface area contributed by atoms with E-state index in [9.17, 15) is 19.5 Å². The van der Waals surface area contributed by atoms with E-state index in [4.69, 9.17) is 4.74 Å². The zero-order valence-corrected chi connectivity index (χ0v) is 20.3. The number of benzene rings is 2. The van der Waals surface area contributed by atoms with Gasteiger partial charge in [0.25, 0.3) is 11.8 Å². The number of nitrogens with zero attached hydrogens (tertiary/aromatic N) is 4. The summed E-state index contributed by atoms with van der Waals surface area (Å²) >= 11 is 0. The number of fused-ring (bicyclic) bond motifs is 3. The molecule has 2 aromatic carbocycles. The van der Waals surface area contributed by atoms with Crippen molar-refractivity contribution in [3.05, 3.63) is 70.7 Å². The molecule has 1 atom stereocenters. The number of aromatic nitrogens is 4. The number of anilines is 2. The average molecular weight is 514 g/mol. The van der Waals surface area contributed by atoms with Crippen LogP contribution in [0, 0.1) is 0 Å². The zero-order chi connectivity index (χ0) is 26.4. The van der Waals surface area contributed by atoms with Gasteiger partial charge in [-0.1, -0.05) is 12.1 Å². The van der Waals surface area contributed by atoms with Crippen molar-refractivity contribution in [3.63, 3.8) is 0 Å². The number of rotatable bonds is 6. The van der Waals surface area contributed by atoms with E-state index in [2.05, 4.69) is 31.0 Å². The molecule has 3 heterocycles. The molecule has 2 amide bonds. The van der Waals surface area contributed by atoms with Crippen LogP contribution in [0.2, 0.25) is 0 Å². The lowest BCUT2D eigenvalue weighted by molar-refractivity contribution is -0.118. The molecule has 0 spiro atoms. The lowest BCUT2D eigenvalue weighted by atomic mass is 10.0. The van der Waals surface area contributed by atoms with E-state index in [1.807, 2.05) is 12.1 Å². The third-order valence-corrected chi connectivity index (χ3v) is 6.75. The van der Waals surface area contributed by atoms with E-state index in [1.54, 1.807) is 36.0 Å². The number of aryl methyl sites for hydroxylation is 2. The summed E-state index contributed by atoms with van der Waals surface area (Å²) in [6.07, 6.45) is 2.68. The smallest absolute Gasteiger partial charge is 0.335 e. The molecule has 12 heteroatoms. The summed E-state index contributed by atoms with van der Waals surface area (Å²) < 4.78 is 6.97. The van der Waals surface area contributed by atoms with Crippen LogP contribution in [-0.2, 0) is 24.8 Å². The summed E-state index contributed by atoms with van der Waals surface area (Å²) in [5.41, 5.74) is 4.75. The maximum Gasteiger partial charge on any atom is 0.335 e. The van der Waals surface area contributed by atoms with Crippen molar-refractivity contribution in [2.24, 2.45) is 7.05 Å². The molecule has 0 radical (unpaired) electrons. The highest BCUT2D eigenvalue weighted by Gasteiger charge is 2.27. The number of carboxylic acids is 1. The van der Waals surface area contributed by atoms with Crippen molar-refractivity contribution in [1.29, 1.82) is 0 Å². The molecular weight excluding hydrogens is 490 g/mol. The molecule has 192 valence electrons. The van der Waals surface area contributed by atoms with Crippen LogP contribution >= 0.6 is 0 Å². The normalized spacial score (nSPS) is 15.8. The molecule has 2 aromatic heterocycles. The van der Waals surface area contributed by atoms with Crippen molar-refractivity contribution < 1.29 is 24.2 Å². The van der Waals surface area contributed by atoms with Gasteiger partial charge >= 0.3 is 5.97 Å². The van der Waals surface area contributed by atoms with E-state index in [0.717, 1.165) is 16.7 Å². The lowest BCUT2D eigenvalue weighted by Crippen LogP contribution is -2.28. The Hall–Kier alpha value is -5.00. The quantitative estimate of drug-likeness (QED) is 0.303. The number of aromatic carboxylic acids is 1. The number of carbonyl (C=O) groups excluding carboxylic acids is 2. The van der Waals surface area contributed by atoms with Gasteiger partial charge in [-0.3, -0.25) is 14.3 Å². The van der Waals surface area contributed by atoms with Gasteiger partial charge in [-0.25, -0.2) is 14.8 Å². The first-order valence-electron chi connectivity index (χ1n) is 12.0. The van der Waals surface area contributed by atoms with Crippen LogP contribution in [-0.4, -0.2) is 49.2 Å². The summed E-state index contributed by atoms with van der Waals surface area (Å²) in [6, 6.07) is 10.3. The predicted molar refractivity (Wildman–Crippen MR) is 136 cm³/mol. The maximum absolute atomic E-state index is 13.3. The molecule has 4 N–H and O–H groups in total. The van der Waals surface area contributed by atoms with E-state index in [0.29, 0.717) is 47.7 Å². The van der Waals surface area contributed by atoms with Crippen molar-refractivity contribution in [1.82, 2.24) is 25.1 Å². The number of carbonyl (C=O) groups is 3. The lowest BCUT2D eigenvalue weighted by Gasteiger charge is -2.18. The molecule has 0 unspecified atom stereocenters. The van der Waals surface area contributed by atoms with Crippen molar-refractivity contribution in [2.45, 2.75) is 25.4 Å². The maximum atomic E-state index is 13.3. The number of ether oxygens (including phenoxy) is 1. The third kappa shape index (κ3) is 4.15. The first-order chi connectivity index (χ1) is 18.4. The highest BCUT2D eigenvalue weighted by Crippen LogP contribution is 2.33. The molecule has 0 fully saturated rings. The van der Waals surface area contributed by atoms with E-state index >= 15 is 0 Å². The van der Waals surface area contributed by atoms with E-state index < -0.39 is 5.97 Å². The molecule has 0 saturated carbocycles. The van der Waals surface area contributed by atoms with Crippen LogP contribution in [0.1, 0.15) is 50.0 Å². The van der Waals surface area contributed by atoms with Crippen LogP contribution < -0.4 is 20.7 Å². The van der Waals surface area contributed by atoms with Crippen LogP contribution in [0.25, 0.3) is 11.0 Å². The minimum atomic E-state index is -0.975. The third-order valence-electron chi connectivity index (χ3n) is 6.75. The molecular formula is C26H23N7O5. The summed E-state index contributed by atoms with van der Waals surface area (Å²) in [7, 11) is 1.72. The Balaban J connectivity index is 1.21. The Morgan fingerprint density at radius 1 is 1.21 bits per heavy atom. The molecule has 0 saturated heterocycles. The molecule has 1 aliphatic heterocycles. The average Bonchev–Trinajstić information content (AvgIpc) is 3.47. The second-order valence-electron chi connectivity index (χ2n) is 9.20. The van der Waals surface area contributed by atoms with Crippen LogP contribution in [0.15, 0.2) is 42.7 Å². The standard InChI is InChI=1S/C26H23N7O5/c1-33-23-21(24(32-33)27-10-13-2-7-19-18(8-13)30-20(34)11-38-19)28-12-29-22(23)25(35)31-17-6-4-14-9-15(26(36)37)3-5-16(14)17/h2-3,5,7-9,12,17H,4,6,10-11H2,1H3,(H,27,32)(H,30,34)(H,31,35)(H,36,37)/t17-/m0/s1. The molecule has 6 rings (SSSR count). The largest absolute Gasteiger partial charge is 0.482 e. The Morgan fingerprint density at radius 2 is 2.08 bits per heavy atom. The van der Waals surface area contributed by atoms with Crippen LogP contribution in [0.3, 0.4) is 0 Å². The predicted octanol–water partition coefficient (Wildman–Crippen LogP) is 2.42. The minimum absolute atomic E-state index is 0.000944. The second kappa shape index (κ2) is 9.14. The van der Waals surface area contributed by atoms with Gasteiger partial charge < -0.3 is 25.8 Å². The van der Waals surface area contributed by atoms with Crippen LogP contribution in [0.4, 0.5) is 11.5 Å². The van der Waals surface area contributed by atoms with Crippen molar-refractivity contribution >= 4 is 40.3 Å². The number of hydrogen-bond acceptors (Lipinski definition) is 8. The van der Waals surface area contributed by atoms with Crippen molar-refractivity contribution in [3.8, 4) is 5.75 Å². The summed E-state index contributed by atoms with van der Waals surface area (Å²) in [4.78, 5) is 44.8. The fourth-order valence-electron chi connectivity index (χ4n) is 4.94. The highest BCUT2D eigenvalue weighted by atomic mass is 16.5. The van der Waals surface area contributed by atoms with E-state index in [1.165, 1.54) is 6.33 Å². The summed E-state index contributed by atoms with van der Waals surface area (Å²) in [5, 5.41) is 22.8. The van der Waals surface area contributed by atoms with Gasteiger partial charge in [0.2, 0.25) is 0 Å². The van der Waals surface area contributed by atoms with Crippen LogP contribution in [0.5, 0.6) is 5.75 Å². The van der Waals surface area contributed by atoms with Gasteiger partial charge in [0.1, 0.15) is 23.1 Å². The Kier molecular flexibility index (Phi) is 5.63. The topological polar surface area (TPSA) is 160 Å². The fraction of sp³-hybridized carbons (Fsp3) is 0.231. The monoisotopic (exact) mass is 513 g/mol. The number of nitrogens with one attached hydrogen (secondary N) is 3. The molecule has 1 aliphatic carbocycles. The van der Waals surface area contributed by atoms with Gasteiger partial charge in [0.05, 0.1) is 17.3 Å². The first kappa shape index (κ1) is 23.4. The van der Waals surface area contributed by atoms with Gasteiger partial charge in [-0.15, -0.1) is 0 Å².